The van der Waals surface area contributed by atoms with E-state index in [0.29, 0.717) is 13.1 Å². The number of aromatic amines is 2. The Hall–Kier alpha value is -3.75. The van der Waals surface area contributed by atoms with Crippen LogP contribution in [-0.2, 0) is 23.1 Å². The van der Waals surface area contributed by atoms with E-state index in [0.717, 1.165) is 12.8 Å². The monoisotopic (exact) mass is 649 g/mol. The molecule has 20 nitrogen and oxygen atoms in total. The van der Waals surface area contributed by atoms with E-state index in [9.17, 15) is 24.4 Å². The number of imidazole rings is 2. The van der Waals surface area contributed by atoms with E-state index < -0.39 is 62.3 Å². The second kappa shape index (κ2) is 11.6. The lowest BCUT2D eigenvalue weighted by Crippen LogP contribution is -2.32. The molecule has 4 aromatic heterocycles. The minimum atomic E-state index is -4.00. The number of anilines is 2. The van der Waals surface area contributed by atoms with E-state index in [1.807, 2.05) is 0 Å². The first-order valence-electron chi connectivity index (χ1n) is 14.4. The number of aliphatic hydroxyl groups is 2. The lowest BCUT2D eigenvalue weighted by Gasteiger charge is -2.30. The summed E-state index contributed by atoms with van der Waals surface area (Å²) in [6.07, 6.45) is -0.642. The van der Waals surface area contributed by atoms with Crippen LogP contribution in [0.15, 0.2) is 22.2 Å². The normalized spacial score (nSPS) is 28.8. The number of aliphatic hydroxyl groups excluding tert-OH is 2. The van der Waals surface area contributed by atoms with Gasteiger partial charge >= 0.3 is 7.75 Å². The number of ether oxygens (including phenoxy) is 2. The van der Waals surface area contributed by atoms with Crippen LogP contribution in [0.2, 0.25) is 0 Å². The van der Waals surface area contributed by atoms with Gasteiger partial charge in [-0.25, -0.2) is 19.2 Å². The first-order valence-corrected chi connectivity index (χ1v) is 15.9. The average Bonchev–Trinajstić information content (AvgIpc) is 3.82. The minimum Gasteiger partial charge on any atom is -0.394 e. The van der Waals surface area contributed by atoms with Crippen LogP contribution < -0.4 is 22.6 Å². The standard InChI is InChI=1S/C24H32N11O9P/c25-23-29-19-17(21(38)31-23)27-9-34(19)15-5-11(37)14(43-15)8-41-45(40,33-3-1-2-4-33)44-12-6-16(42-13(12)7-36)35-10-28-18-20(35)30-24(26)32-22(18)39/h9-16,36-37H,1-8H2,(H3,25,29,31,38)(H3,26,30,32,39)/t11?,12?,13-,14-,15-,16-,45?/m1/s1. The predicted octanol–water partition coefficient (Wildman–Crippen LogP) is -1.05. The summed E-state index contributed by atoms with van der Waals surface area (Å²) in [6, 6.07) is 0. The van der Waals surface area contributed by atoms with E-state index in [1.54, 1.807) is 4.67 Å². The van der Waals surface area contributed by atoms with E-state index in [1.165, 1.54) is 21.8 Å². The third-order valence-corrected chi connectivity index (χ3v) is 10.3. The number of nitrogens with two attached hydrogens (primary N) is 2. The van der Waals surface area contributed by atoms with Crippen molar-refractivity contribution in [3.63, 3.8) is 0 Å². The summed E-state index contributed by atoms with van der Waals surface area (Å²) in [5, 5.41) is 21.0. The molecular weight excluding hydrogens is 617 g/mol. The second-order valence-electron chi connectivity index (χ2n) is 11.1. The Balaban J connectivity index is 1.08. The maximum absolute atomic E-state index is 14.4. The van der Waals surface area contributed by atoms with Crippen LogP contribution >= 0.6 is 7.75 Å². The van der Waals surface area contributed by atoms with E-state index in [2.05, 4.69) is 29.9 Å². The minimum absolute atomic E-state index is 0.0620. The Morgan fingerprint density at radius 3 is 2.07 bits per heavy atom. The molecule has 45 heavy (non-hydrogen) atoms. The fourth-order valence-electron chi connectivity index (χ4n) is 5.95. The van der Waals surface area contributed by atoms with Crippen LogP contribution in [0.5, 0.6) is 0 Å². The molecule has 7 atom stereocenters. The van der Waals surface area contributed by atoms with Crippen molar-refractivity contribution in [3.05, 3.63) is 33.4 Å². The second-order valence-corrected chi connectivity index (χ2v) is 13.1. The smallest absolute Gasteiger partial charge is 0.394 e. The Bertz CT molecular complexity index is 1890. The van der Waals surface area contributed by atoms with Crippen molar-refractivity contribution in [2.24, 2.45) is 0 Å². The quantitative estimate of drug-likeness (QED) is 0.118. The van der Waals surface area contributed by atoms with Crippen LogP contribution in [0.25, 0.3) is 22.3 Å². The molecule has 21 heteroatoms. The molecule has 3 unspecified atom stereocenters. The molecule has 0 saturated carbocycles. The Kier molecular flexibility index (Phi) is 7.69. The molecule has 3 fully saturated rings. The number of fused-ring (bicyclic) bond motifs is 2. The maximum atomic E-state index is 14.4. The zero-order valence-corrected chi connectivity index (χ0v) is 24.7. The molecule has 4 aromatic rings. The maximum Gasteiger partial charge on any atom is 0.408 e. The summed E-state index contributed by atoms with van der Waals surface area (Å²) in [5.41, 5.74) is 10.9. The van der Waals surface area contributed by atoms with Gasteiger partial charge in [0.2, 0.25) is 11.9 Å². The molecule has 3 aliphatic rings. The van der Waals surface area contributed by atoms with Gasteiger partial charge in [-0.15, -0.1) is 0 Å². The first-order chi connectivity index (χ1) is 21.6. The highest BCUT2D eigenvalue weighted by Gasteiger charge is 2.47. The molecule has 0 aromatic carbocycles. The summed E-state index contributed by atoms with van der Waals surface area (Å²) in [7, 11) is -4.00. The van der Waals surface area contributed by atoms with Gasteiger partial charge in [0, 0.05) is 25.9 Å². The van der Waals surface area contributed by atoms with Crippen molar-refractivity contribution in [1.82, 2.24) is 43.7 Å². The van der Waals surface area contributed by atoms with E-state index in [-0.39, 0.29) is 53.7 Å². The predicted molar refractivity (Wildman–Crippen MR) is 155 cm³/mol. The molecule has 0 aliphatic carbocycles. The van der Waals surface area contributed by atoms with Gasteiger partial charge in [0.15, 0.2) is 22.3 Å². The van der Waals surface area contributed by atoms with Crippen LogP contribution in [0, 0.1) is 0 Å². The topological polar surface area (TPSA) is 277 Å². The first kappa shape index (κ1) is 29.9. The summed E-state index contributed by atoms with van der Waals surface area (Å²) in [4.78, 5) is 45.7. The summed E-state index contributed by atoms with van der Waals surface area (Å²) < 4.78 is 43.2. The molecule has 3 aliphatic heterocycles. The van der Waals surface area contributed by atoms with E-state index >= 15 is 0 Å². The highest BCUT2D eigenvalue weighted by molar-refractivity contribution is 7.51. The van der Waals surface area contributed by atoms with Crippen molar-refractivity contribution in [2.75, 3.05) is 37.8 Å². The summed E-state index contributed by atoms with van der Waals surface area (Å²) in [6.45, 7) is 0.175. The number of nitrogen functional groups attached to an aromatic ring is 2. The summed E-state index contributed by atoms with van der Waals surface area (Å²) >= 11 is 0. The van der Waals surface area contributed by atoms with Gasteiger partial charge in [-0.3, -0.25) is 37.7 Å². The van der Waals surface area contributed by atoms with Gasteiger partial charge in [0.25, 0.3) is 11.1 Å². The Morgan fingerprint density at radius 1 is 0.933 bits per heavy atom. The van der Waals surface area contributed by atoms with Crippen molar-refractivity contribution in [3.8, 4) is 0 Å². The third kappa shape index (κ3) is 5.42. The van der Waals surface area contributed by atoms with Crippen LogP contribution in [0.4, 0.5) is 11.9 Å². The third-order valence-electron chi connectivity index (χ3n) is 8.19. The zero-order chi connectivity index (χ0) is 31.5. The SMILES string of the molecule is Nc1nc2c(ncn2[C@H]2CC(O)[C@@H](COP(=O)(OC3C[C@H](n4cnc5c(=O)[nH]c(N)nc54)O[C@@H]3CO)N3CCCC3)O2)c(=O)[nH]1. The van der Waals surface area contributed by atoms with Crippen LogP contribution in [0.3, 0.4) is 0 Å². The molecule has 3 saturated heterocycles. The number of hydrogen-bond donors (Lipinski definition) is 6. The largest absolute Gasteiger partial charge is 0.408 e. The lowest BCUT2D eigenvalue weighted by atomic mass is 10.2. The molecule has 0 bridgehead atoms. The highest BCUT2D eigenvalue weighted by Crippen LogP contribution is 2.57. The number of hydrogen-bond acceptors (Lipinski definition) is 15. The molecule has 0 radical (unpaired) electrons. The Labute approximate surface area is 252 Å². The zero-order valence-electron chi connectivity index (χ0n) is 23.8. The van der Waals surface area contributed by atoms with Gasteiger partial charge in [-0.05, 0) is 12.8 Å². The van der Waals surface area contributed by atoms with Gasteiger partial charge in [-0.1, -0.05) is 0 Å². The average molecular weight is 650 g/mol. The van der Waals surface area contributed by atoms with Gasteiger partial charge in [0.05, 0.1) is 32.0 Å². The fourth-order valence-corrected chi connectivity index (χ4v) is 7.98. The molecule has 242 valence electrons. The molecule has 8 N–H and O–H groups in total. The fraction of sp³-hybridized carbons (Fsp3) is 0.583. The molecule has 0 amide bonds. The number of rotatable bonds is 9. The van der Waals surface area contributed by atoms with E-state index in [4.69, 9.17) is 30.0 Å². The molecule has 0 spiro atoms. The van der Waals surface area contributed by atoms with Crippen LogP contribution in [-0.4, -0.2) is 105 Å². The molecule has 7 rings (SSSR count). The van der Waals surface area contributed by atoms with Crippen molar-refractivity contribution < 1.29 is 33.3 Å². The molecule has 7 heterocycles. The number of nitrogens with zero attached hydrogens (tertiary/aromatic N) is 7. The number of aromatic nitrogens is 8. The van der Waals surface area contributed by atoms with Gasteiger partial charge < -0.3 is 31.2 Å². The lowest BCUT2D eigenvalue weighted by molar-refractivity contribution is -0.0534. The van der Waals surface area contributed by atoms with Gasteiger partial charge in [0.1, 0.15) is 30.8 Å². The number of nitrogens with one attached hydrogen (secondary N) is 2. The van der Waals surface area contributed by atoms with Crippen molar-refractivity contribution in [1.29, 1.82) is 0 Å². The highest BCUT2D eigenvalue weighted by atomic mass is 31.2. The van der Waals surface area contributed by atoms with Crippen molar-refractivity contribution >= 4 is 42.0 Å². The summed E-state index contributed by atoms with van der Waals surface area (Å²) in [5.74, 6) is -0.189. The Morgan fingerprint density at radius 2 is 1.49 bits per heavy atom. The van der Waals surface area contributed by atoms with Gasteiger partial charge in [-0.2, -0.15) is 9.97 Å². The number of H-pyrrole nitrogens is 2. The van der Waals surface area contributed by atoms with Crippen LogP contribution in [0.1, 0.15) is 38.1 Å². The van der Waals surface area contributed by atoms with Crippen molar-refractivity contribution in [2.45, 2.75) is 62.6 Å². The molecular formula is C24H32N11O9P.